The molecule has 1 aromatic carbocycles. The molecule has 0 radical (unpaired) electrons. The smallest absolute Gasteiger partial charge is 0.293 e. The van der Waals surface area contributed by atoms with Gasteiger partial charge < -0.3 is 4.74 Å². The van der Waals surface area contributed by atoms with Crippen molar-refractivity contribution in [2.45, 2.75) is 39.7 Å². The topological polar surface area (TPSA) is 46.6 Å². The summed E-state index contributed by atoms with van der Waals surface area (Å²) in [5.41, 5.74) is 0.857. The van der Waals surface area contributed by atoms with Crippen LogP contribution in [0.25, 0.3) is 6.08 Å². The second-order valence-electron chi connectivity index (χ2n) is 5.36. The van der Waals surface area contributed by atoms with E-state index in [0.717, 1.165) is 40.4 Å². The molecule has 1 saturated heterocycles. The van der Waals surface area contributed by atoms with E-state index < -0.39 is 0 Å². The van der Waals surface area contributed by atoms with Gasteiger partial charge in [-0.15, -0.1) is 0 Å². The SMILES string of the molecule is CCCN1C(=O)S/C(=C/c2ccc(O[C@H](C)CC)c(Br)c2)C1=O. The maximum atomic E-state index is 12.2. The predicted octanol–water partition coefficient (Wildman–Crippen LogP) is 5.07. The summed E-state index contributed by atoms with van der Waals surface area (Å²) in [6.45, 7) is 6.50. The fourth-order valence-electron chi connectivity index (χ4n) is 2.07. The van der Waals surface area contributed by atoms with Crippen molar-refractivity contribution in [1.29, 1.82) is 0 Å². The molecular weight excluding hydrogens is 378 g/mol. The first-order valence-corrected chi connectivity index (χ1v) is 9.28. The van der Waals surface area contributed by atoms with Crippen LogP contribution < -0.4 is 4.74 Å². The van der Waals surface area contributed by atoms with Crippen molar-refractivity contribution in [2.24, 2.45) is 0 Å². The van der Waals surface area contributed by atoms with Crippen LogP contribution in [0.3, 0.4) is 0 Å². The fourth-order valence-corrected chi connectivity index (χ4v) is 3.43. The van der Waals surface area contributed by atoms with Gasteiger partial charge in [-0.3, -0.25) is 14.5 Å². The van der Waals surface area contributed by atoms with Crippen LogP contribution in [0.4, 0.5) is 4.79 Å². The van der Waals surface area contributed by atoms with E-state index in [9.17, 15) is 9.59 Å². The van der Waals surface area contributed by atoms with Gasteiger partial charge in [0.15, 0.2) is 0 Å². The van der Waals surface area contributed by atoms with E-state index in [1.807, 2.05) is 32.0 Å². The van der Waals surface area contributed by atoms with Crippen LogP contribution in [0.5, 0.6) is 5.75 Å². The Morgan fingerprint density at radius 3 is 2.70 bits per heavy atom. The molecule has 1 aliphatic heterocycles. The number of ether oxygens (including phenoxy) is 1. The lowest BCUT2D eigenvalue weighted by Gasteiger charge is -2.14. The summed E-state index contributed by atoms with van der Waals surface area (Å²) in [4.78, 5) is 25.8. The highest BCUT2D eigenvalue weighted by atomic mass is 79.9. The van der Waals surface area contributed by atoms with E-state index in [-0.39, 0.29) is 17.3 Å². The van der Waals surface area contributed by atoms with E-state index in [1.165, 1.54) is 4.90 Å². The number of hydrogen-bond donors (Lipinski definition) is 0. The maximum absolute atomic E-state index is 12.2. The Morgan fingerprint density at radius 2 is 2.09 bits per heavy atom. The molecule has 4 nitrogen and oxygen atoms in total. The lowest BCUT2D eigenvalue weighted by Crippen LogP contribution is -2.28. The number of hydrogen-bond acceptors (Lipinski definition) is 4. The molecule has 2 amide bonds. The van der Waals surface area contributed by atoms with E-state index in [0.29, 0.717) is 11.4 Å². The Bertz CT molecular complexity index is 645. The zero-order valence-electron chi connectivity index (χ0n) is 13.5. The molecule has 0 bridgehead atoms. The van der Waals surface area contributed by atoms with Gasteiger partial charge in [0.05, 0.1) is 15.5 Å². The number of benzene rings is 1. The van der Waals surface area contributed by atoms with Crippen molar-refractivity contribution in [3.8, 4) is 5.75 Å². The van der Waals surface area contributed by atoms with Gasteiger partial charge in [-0.2, -0.15) is 0 Å². The minimum absolute atomic E-state index is 0.141. The van der Waals surface area contributed by atoms with Crippen LogP contribution in [0, 0.1) is 0 Å². The minimum Gasteiger partial charge on any atom is -0.490 e. The first-order valence-electron chi connectivity index (χ1n) is 7.67. The molecule has 23 heavy (non-hydrogen) atoms. The molecule has 1 heterocycles. The van der Waals surface area contributed by atoms with Crippen molar-refractivity contribution in [3.05, 3.63) is 33.1 Å². The first kappa shape index (κ1) is 18.1. The van der Waals surface area contributed by atoms with Crippen molar-refractivity contribution in [3.63, 3.8) is 0 Å². The van der Waals surface area contributed by atoms with E-state index in [4.69, 9.17) is 4.74 Å². The summed E-state index contributed by atoms with van der Waals surface area (Å²) in [7, 11) is 0. The van der Waals surface area contributed by atoms with E-state index >= 15 is 0 Å². The highest BCUT2D eigenvalue weighted by molar-refractivity contribution is 9.10. The van der Waals surface area contributed by atoms with Gasteiger partial charge in [0, 0.05) is 6.54 Å². The third kappa shape index (κ3) is 4.38. The molecule has 124 valence electrons. The quantitative estimate of drug-likeness (QED) is 0.628. The normalized spacial score (nSPS) is 17.9. The average molecular weight is 398 g/mol. The number of halogens is 1. The van der Waals surface area contributed by atoms with Crippen LogP contribution in [-0.4, -0.2) is 28.7 Å². The number of nitrogens with zero attached hydrogens (tertiary/aromatic N) is 1. The number of thioether (sulfide) groups is 1. The summed E-state index contributed by atoms with van der Waals surface area (Å²) in [5, 5.41) is -0.195. The van der Waals surface area contributed by atoms with Gasteiger partial charge in [-0.1, -0.05) is 19.9 Å². The van der Waals surface area contributed by atoms with Gasteiger partial charge in [-0.25, -0.2) is 0 Å². The van der Waals surface area contributed by atoms with E-state index in [2.05, 4.69) is 22.9 Å². The van der Waals surface area contributed by atoms with Crippen molar-refractivity contribution in [2.75, 3.05) is 6.54 Å². The second kappa shape index (κ2) is 8.02. The Balaban J connectivity index is 2.19. The number of carbonyl (C=O) groups excluding carboxylic acids is 2. The molecular formula is C17H20BrNO3S. The molecule has 1 aromatic rings. The summed E-state index contributed by atoms with van der Waals surface area (Å²) in [6, 6.07) is 5.65. The van der Waals surface area contributed by atoms with Gasteiger partial charge in [0.25, 0.3) is 11.1 Å². The number of amides is 2. The van der Waals surface area contributed by atoms with Gasteiger partial charge in [0.1, 0.15) is 5.75 Å². The second-order valence-corrected chi connectivity index (χ2v) is 7.21. The summed E-state index contributed by atoms with van der Waals surface area (Å²) >= 11 is 4.49. The predicted molar refractivity (Wildman–Crippen MR) is 97.5 cm³/mol. The summed E-state index contributed by atoms with van der Waals surface area (Å²) in [6.07, 6.45) is 3.58. The van der Waals surface area contributed by atoms with Crippen molar-refractivity contribution >= 4 is 44.9 Å². The molecule has 0 spiro atoms. The largest absolute Gasteiger partial charge is 0.490 e. The molecule has 1 atom stereocenters. The average Bonchev–Trinajstić information content (AvgIpc) is 2.78. The first-order chi connectivity index (χ1) is 11.0. The molecule has 0 unspecified atom stereocenters. The van der Waals surface area contributed by atoms with Crippen LogP contribution in [0.1, 0.15) is 39.2 Å². The maximum Gasteiger partial charge on any atom is 0.293 e. The molecule has 0 N–H and O–H groups in total. The summed E-state index contributed by atoms with van der Waals surface area (Å²) in [5.74, 6) is 0.563. The molecule has 6 heteroatoms. The number of carbonyl (C=O) groups is 2. The number of imide groups is 1. The minimum atomic E-state index is -0.210. The third-order valence-corrected chi connectivity index (χ3v) is 5.00. The molecule has 0 saturated carbocycles. The highest BCUT2D eigenvalue weighted by Crippen LogP contribution is 2.34. The van der Waals surface area contributed by atoms with Crippen LogP contribution in [0.15, 0.2) is 27.6 Å². The van der Waals surface area contributed by atoms with Gasteiger partial charge >= 0.3 is 0 Å². The molecule has 1 fully saturated rings. The zero-order chi connectivity index (χ0) is 17.0. The lowest BCUT2D eigenvalue weighted by molar-refractivity contribution is -0.122. The Kier molecular flexibility index (Phi) is 6.30. The fraction of sp³-hybridized carbons (Fsp3) is 0.412. The van der Waals surface area contributed by atoms with Crippen LogP contribution >= 0.6 is 27.7 Å². The Labute approximate surface area is 149 Å². The van der Waals surface area contributed by atoms with Crippen molar-refractivity contribution < 1.29 is 14.3 Å². The zero-order valence-corrected chi connectivity index (χ0v) is 15.9. The highest BCUT2D eigenvalue weighted by Gasteiger charge is 2.34. The van der Waals surface area contributed by atoms with E-state index in [1.54, 1.807) is 6.08 Å². The van der Waals surface area contributed by atoms with Crippen LogP contribution in [-0.2, 0) is 4.79 Å². The molecule has 1 aliphatic rings. The lowest BCUT2D eigenvalue weighted by atomic mass is 10.2. The monoisotopic (exact) mass is 397 g/mol. The molecule has 2 rings (SSSR count). The summed E-state index contributed by atoms with van der Waals surface area (Å²) < 4.78 is 6.64. The van der Waals surface area contributed by atoms with Crippen molar-refractivity contribution in [1.82, 2.24) is 4.90 Å². The standard InChI is InChI=1S/C17H20BrNO3S/c1-4-8-19-16(20)15(23-17(19)21)10-12-6-7-14(13(18)9-12)22-11(3)5-2/h6-7,9-11H,4-5,8H2,1-3H3/b15-10+/t11-/m1/s1. The Morgan fingerprint density at radius 1 is 1.35 bits per heavy atom. The molecule has 0 aliphatic carbocycles. The van der Waals surface area contributed by atoms with Gasteiger partial charge in [0.2, 0.25) is 0 Å². The molecule has 0 aromatic heterocycles. The number of rotatable bonds is 6. The third-order valence-electron chi connectivity index (χ3n) is 3.48. The van der Waals surface area contributed by atoms with Gasteiger partial charge in [-0.05, 0) is 71.2 Å². The Hall–Kier alpha value is -1.27. The van der Waals surface area contributed by atoms with Crippen LogP contribution in [0.2, 0.25) is 0 Å².